The van der Waals surface area contributed by atoms with Crippen LogP contribution in [0.4, 0.5) is 4.39 Å². The van der Waals surface area contributed by atoms with E-state index in [1.165, 1.54) is 0 Å². The zero-order valence-electron chi connectivity index (χ0n) is 20.1. The van der Waals surface area contributed by atoms with E-state index in [0.717, 1.165) is 47.4 Å². The predicted molar refractivity (Wildman–Crippen MR) is 135 cm³/mol. The Kier molecular flexibility index (Phi) is 8.05. The van der Waals surface area contributed by atoms with Crippen LogP contribution in [0, 0.1) is 0 Å². The van der Waals surface area contributed by atoms with E-state index < -0.39 is 16.5 Å². The third-order valence-corrected chi connectivity index (χ3v) is 7.30. The van der Waals surface area contributed by atoms with Crippen molar-refractivity contribution in [3.8, 4) is 0 Å². The van der Waals surface area contributed by atoms with Gasteiger partial charge in [0.05, 0.1) is 34.8 Å². The molecule has 0 saturated heterocycles. The standard InChI is InChI=1S/C26H35FN4OS/c1-7-21(18(4)30-23(8-2)19-12-15-28-25(16-19)33(6)32)22-17-29-31(24(22)9-3)20-10-13-26(5,27)14-11-20/h7,9,12,15-17,20,23,30H,3-4,8,10-11,13-14H2,1-2,5-6H3/b21-7-. The smallest absolute Gasteiger partial charge is 0.127 e. The molecule has 33 heavy (non-hydrogen) atoms. The second kappa shape index (κ2) is 10.6. The molecule has 178 valence electrons. The molecule has 1 fully saturated rings. The van der Waals surface area contributed by atoms with Crippen LogP contribution in [0.5, 0.6) is 0 Å². The average Bonchev–Trinajstić information content (AvgIpc) is 3.21. The number of allylic oxidation sites excluding steroid dienone is 2. The number of hydrogen-bond acceptors (Lipinski definition) is 4. The SMILES string of the molecule is C=Cc1c(/C(=C\C)C(=C)NC(CC)c2ccnc(S(C)=O)c2)cnn1C1CCC(C)(F)CC1. The molecule has 5 nitrogen and oxygen atoms in total. The molecule has 7 heteroatoms. The summed E-state index contributed by atoms with van der Waals surface area (Å²) in [5.41, 5.74) is 3.56. The van der Waals surface area contributed by atoms with Crippen LogP contribution in [0.15, 0.2) is 54.5 Å². The molecule has 1 aliphatic carbocycles. The van der Waals surface area contributed by atoms with E-state index >= 15 is 0 Å². The summed E-state index contributed by atoms with van der Waals surface area (Å²) < 4.78 is 28.2. The fourth-order valence-corrected chi connectivity index (χ4v) is 5.03. The van der Waals surface area contributed by atoms with Crippen LogP contribution in [0.2, 0.25) is 0 Å². The molecule has 0 aliphatic heterocycles. The lowest BCUT2D eigenvalue weighted by molar-refractivity contribution is 0.102. The molecule has 1 aliphatic rings. The minimum atomic E-state index is -1.14. The summed E-state index contributed by atoms with van der Waals surface area (Å²) in [6.45, 7) is 14.1. The zero-order chi connectivity index (χ0) is 24.2. The summed E-state index contributed by atoms with van der Waals surface area (Å²) in [4.78, 5) is 4.21. The molecule has 1 saturated carbocycles. The van der Waals surface area contributed by atoms with Gasteiger partial charge >= 0.3 is 0 Å². The topological polar surface area (TPSA) is 59.8 Å². The lowest BCUT2D eigenvalue weighted by atomic mass is 9.85. The van der Waals surface area contributed by atoms with Crippen molar-refractivity contribution >= 4 is 22.4 Å². The summed E-state index contributed by atoms with van der Waals surface area (Å²) >= 11 is 0. The van der Waals surface area contributed by atoms with Crippen LogP contribution in [-0.2, 0) is 10.8 Å². The van der Waals surface area contributed by atoms with E-state index in [2.05, 4.69) is 35.5 Å². The summed E-state index contributed by atoms with van der Waals surface area (Å²) in [6.07, 6.45) is 12.5. The monoisotopic (exact) mass is 470 g/mol. The van der Waals surface area contributed by atoms with Gasteiger partial charge in [-0.2, -0.15) is 5.10 Å². The lowest BCUT2D eigenvalue weighted by Gasteiger charge is -2.32. The molecule has 0 spiro atoms. The Morgan fingerprint density at radius 3 is 2.73 bits per heavy atom. The van der Waals surface area contributed by atoms with Gasteiger partial charge < -0.3 is 5.32 Å². The first-order valence-corrected chi connectivity index (χ1v) is 13.1. The van der Waals surface area contributed by atoms with Gasteiger partial charge in [0.25, 0.3) is 0 Å². The largest absolute Gasteiger partial charge is 0.378 e. The second-order valence-corrected chi connectivity index (χ2v) is 10.2. The van der Waals surface area contributed by atoms with E-state index in [0.29, 0.717) is 17.9 Å². The van der Waals surface area contributed by atoms with Gasteiger partial charge in [-0.05, 0) is 69.7 Å². The molecule has 2 aromatic heterocycles. The highest BCUT2D eigenvalue weighted by Gasteiger charge is 2.32. The van der Waals surface area contributed by atoms with Crippen molar-refractivity contribution in [1.29, 1.82) is 0 Å². The molecule has 0 radical (unpaired) electrons. The Morgan fingerprint density at radius 2 is 2.15 bits per heavy atom. The number of hydrogen-bond donors (Lipinski definition) is 1. The Bertz CT molecular complexity index is 1060. The van der Waals surface area contributed by atoms with Crippen LogP contribution in [-0.4, -0.2) is 30.9 Å². The zero-order valence-corrected chi connectivity index (χ0v) is 20.9. The van der Waals surface area contributed by atoms with Crippen molar-refractivity contribution in [1.82, 2.24) is 20.1 Å². The van der Waals surface area contributed by atoms with Crippen LogP contribution in [0.25, 0.3) is 11.6 Å². The maximum atomic E-state index is 14.3. The van der Waals surface area contributed by atoms with Gasteiger partial charge in [0.15, 0.2) is 0 Å². The highest BCUT2D eigenvalue weighted by Crippen LogP contribution is 2.39. The highest BCUT2D eigenvalue weighted by atomic mass is 32.2. The summed E-state index contributed by atoms with van der Waals surface area (Å²) in [7, 11) is -1.14. The predicted octanol–water partition coefficient (Wildman–Crippen LogP) is 6.16. The minimum absolute atomic E-state index is 0.000511. The van der Waals surface area contributed by atoms with E-state index in [1.807, 2.05) is 42.1 Å². The highest BCUT2D eigenvalue weighted by molar-refractivity contribution is 7.84. The number of aromatic nitrogens is 3. The van der Waals surface area contributed by atoms with Gasteiger partial charge in [0.1, 0.15) is 10.7 Å². The molecule has 0 amide bonds. The van der Waals surface area contributed by atoms with Gasteiger partial charge in [-0.3, -0.25) is 8.89 Å². The molecule has 2 aromatic rings. The van der Waals surface area contributed by atoms with Crippen LogP contribution in [0.3, 0.4) is 0 Å². The Labute approximate surface area is 199 Å². The summed E-state index contributed by atoms with van der Waals surface area (Å²) in [5.74, 6) is 0. The van der Waals surface area contributed by atoms with Gasteiger partial charge in [-0.1, -0.05) is 26.2 Å². The number of rotatable bonds is 9. The number of pyridine rings is 1. The molecule has 1 N–H and O–H groups in total. The third kappa shape index (κ3) is 5.69. The van der Waals surface area contributed by atoms with Crippen molar-refractivity contribution in [2.45, 2.75) is 75.7 Å². The van der Waals surface area contributed by atoms with Crippen molar-refractivity contribution in [2.24, 2.45) is 0 Å². The van der Waals surface area contributed by atoms with Crippen LogP contribution < -0.4 is 5.32 Å². The van der Waals surface area contributed by atoms with E-state index in [4.69, 9.17) is 0 Å². The van der Waals surface area contributed by atoms with Crippen molar-refractivity contribution in [3.05, 3.63) is 66.3 Å². The van der Waals surface area contributed by atoms with Crippen molar-refractivity contribution < 1.29 is 8.60 Å². The van der Waals surface area contributed by atoms with Gasteiger partial charge in [-0.25, -0.2) is 9.37 Å². The first kappa shape index (κ1) is 25.1. The van der Waals surface area contributed by atoms with Crippen molar-refractivity contribution in [2.75, 3.05) is 6.26 Å². The van der Waals surface area contributed by atoms with E-state index in [1.54, 1.807) is 19.4 Å². The van der Waals surface area contributed by atoms with Gasteiger partial charge in [-0.15, -0.1) is 0 Å². The fraction of sp³-hybridized carbons (Fsp3) is 0.462. The van der Waals surface area contributed by atoms with E-state index in [-0.39, 0.29) is 12.1 Å². The van der Waals surface area contributed by atoms with Gasteiger partial charge in [0, 0.05) is 29.3 Å². The maximum absolute atomic E-state index is 14.3. The van der Waals surface area contributed by atoms with E-state index in [9.17, 15) is 8.60 Å². The average molecular weight is 471 g/mol. The Hall–Kier alpha value is -2.54. The Balaban J connectivity index is 1.83. The number of nitrogens with one attached hydrogen (secondary N) is 1. The quantitative estimate of drug-likeness (QED) is 0.446. The minimum Gasteiger partial charge on any atom is -0.378 e. The van der Waals surface area contributed by atoms with Crippen LogP contribution >= 0.6 is 0 Å². The van der Waals surface area contributed by atoms with Crippen molar-refractivity contribution in [3.63, 3.8) is 0 Å². The summed E-state index contributed by atoms with van der Waals surface area (Å²) in [5, 5.41) is 8.77. The molecule has 0 aromatic carbocycles. The molecule has 2 unspecified atom stereocenters. The molecular formula is C26H35FN4OS. The first-order chi connectivity index (χ1) is 15.7. The maximum Gasteiger partial charge on any atom is 0.127 e. The molecule has 2 heterocycles. The molecular weight excluding hydrogens is 435 g/mol. The number of alkyl halides is 1. The summed E-state index contributed by atoms with van der Waals surface area (Å²) in [6, 6.07) is 3.99. The normalized spacial score (nSPS) is 23.1. The second-order valence-electron chi connectivity index (χ2n) is 8.90. The molecule has 2 atom stereocenters. The first-order valence-electron chi connectivity index (χ1n) is 11.5. The fourth-order valence-electron chi connectivity index (χ4n) is 4.52. The lowest BCUT2D eigenvalue weighted by Crippen LogP contribution is -2.28. The number of nitrogens with zero attached hydrogens (tertiary/aromatic N) is 3. The number of halogens is 1. The molecule has 3 rings (SSSR count). The Morgan fingerprint density at radius 1 is 1.45 bits per heavy atom. The van der Waals surface area contributed by atoms with Crippen LogP contribution in [0.1, 0.15) is 81.8 Å². The molecule has 0 bridgehead atoms. The van der Waals surface area contributed by atoms with Gasteiger partial charge in [0.2, 0.25) is 0 Å². The third-order valence-electron chi connectivity index (χ3n) is 6.49.